The van der Waals surface area contributed by atoms with Crippen molar-refractivity contribution in [1.82, 2.24) is 4.90 Å². The van der Waals surface area contributed by atoms with Gasteiger partial charge >= 0.3 is 0 Å². The van der Waals surface area contributed by atoms with Crippen molar-refractivity contribution in [2.75, 3.05) is 26.8 Å². The number of ether oxygens (including phenoxy) is 1. The first-order valence-electron chi connectivity index (χ1n) is 6.47. The molecule has 4 nitrogen and oxygen atoms in total. The molecule has 2 rings (SSSR count). The third kappa shape index (κ3) is 3.60. The minimum absolute atomic E-state index is 0.0288. The summed E-state index contributed by atoms with van der Waals surface area (Å²) in [5.74, 6) is 0.621. The van der Waals surface area contributed by atoms with E-state index in [0.29, 0.717) is 23.7 Å². The van der Waals surface area contributed by atoms with Crippen molar-refractivity contribution in [3.63, 3.8) is 0 Å². The molecule has 0 bridgehead atoms. The van der Waals surface area contributed by atoms with Gasteiger partial charge in [-0.05, 0) is 24.1 Å². The maximum atomic E-state index is 9.74. The van der Waals surface area contributed by atoms with Gasteiger partial charge in [-0.2, -0.15) is 0 Å². The van der Waals surface area contributed by atoms with E-state index in [9.17, 15) is 10.2 Å². The zero-order valence-electron chi connectivity index (χ0n) is 11.1. The van der Waals surface area contributed by atoms with E-state index in [1.165, 1.54) is 0 Å². The molecule has 2 N–H and O–H groups in total. The maximum absolute atomic E-state index is 9.74. The quantitative estimate of drug-likeness (QED) is 0.881. The summed E-state index contributed by atoms with van der Waals surface area (Å²) in [6.45, 7) is 2.34. The Bertz CT molecular complexity index is 427. The van der Waals surface area contributed by atoms with Crippen molar-refractivity contribution in [1.29, 1.82) is 0 Å². The summed E-state index contributed by atoms with van der Waals surface area (Å²) >= 11 is 6.10. The molecule has 1 aliphatic heterocycles. The molecule has 0 amide bonds. The van der Waals surface area contributed by atoms with Crippen molar-refractivity contribution in [3.8, 4) is 5.75 Å². The summed E-state index contributed by atoms with van der Waals surface area (Å²) < 4.78 is 5.13. The van der Waals surface area contributed by atoms with Crippen LogP contribution in [-0.2, 0) is 6.54 Å². The second kappa shape index (κ2) is 6.57. The molecule has 1 aliphatic rings. The summed E-state index contributed by atoms with van der Waals surface area (Å²) in [6, 6.07) is 5.75. The van der Waals surface area contributed by atoms with Gasteiger partial charge in [0.2, 0.25) is 0 Å². The second-order valence-electron chi connectivity index (χ2n) is 5.00. The minimum Gasteiger partial charge on any atom is -0.495 e. The fourth-order valence-corrected chi connectivity index (χ4v) is 2.76. The first-order chi connectivity index (χ1) is 9.13. The molecule has 0 aliphatic carbocycles. The Labute approximate surface area is 118 Å². The van der Waals surface area contributed by atoms with Crippen LogP contribution in [0.3, 0.4) is 0 Å². The van der Waals surface area contributed by atoms with Gasteiger partial charge in [-0.15, -0.1) is 0 Å². The number of aliphatic hydroxyl groups excluding tert-OH is 2. The smallest absolute Gasteiger partial charge is 0.137 e. The molecule has 0 saturated carbocycles. The molecule has 2 atom stereocenters. The lowest BCUT2D eigenvalue weighted by Crippen LogP contribution is -2.44. The lowest BCUT2D eigenvalue weighted by molar-refractivity contribution is -0.00201. The lowest BCUT2D eigenvalue weighted by Gasteiger charge is -2.35. The van der Waals surface area contributed by atoms with Crippen LogP contribution in [0.5, 0.6) is 5.75 Å². The predicted molar refractivity (Wildman–Crippen MR) is 74.5 cm³/mol. The average molecular weight is 286 g/mol. The number of rotatable bonds is 4. The van der Waals surface area contributed by atoms with Crippen molar-refractivity contribution in [3.05, 3.63) is 28.8 Å². The van der Waals surface area contributed by atoms with Gasteiger partial charge in [0.25, 0.3) is 0 Å². The zero-order valence-corrected chi connectivity index (χ0v) is 11.8. The summed E-state index contributed by atoms with van der Waals surface area (Å²) in [5, 5.41) is 19.6. The molecular weight excluding hydrogens is 266 g/mol. The molecule has 0 radical (unpaired) electrons. The highest BCUT2D eigenvalue weighted by atomic mass is 35.5. The summed E-state index contributed by atoms with van der Waals surface area (Å²) in [4.78, 5) is 2.23. The van der Waals surface area contributed by atoms with Crippen LogP contribution < -0.4 is 4.74 Å². The molecule has 2 unspecified atom stereocenters. The van der Waals surface area contributed by atoms with Gasteiger partial charge in [-0.1, -0.05) is 17.7 Å². The molecule has 1 heterocycles. The summed E-state index contributed by atoms with van der Waals surface area (Å²) in [5.41, 5.74) is 1.11. The second-order valence-corrected chi connectivity index (χ2v) is 5.41. The van der Waals surface area contributed by atoms with E-state index in [2.05, 4.69) is 4.90 Å². The first kappa shape index (κ1) is 14.6. The number of likely N-dealkylation sites (tertiary alicyclic amines) is 1. The molecule has 1 aromatic rings. The Kier molecular flexibility index (Phi) is 5.05. The number of hydrogen-bond acceptors (Lipinski definition) is 4. The largest absolute Gasteiger partial charge is 0.495 e. The van der Waals surface area contributed by atoms with Gasteiger partial charge in [0.1, 0.15) is 5.75 Å². The number of nitrogens with zero attached hydrogens (tertiary/aromatic N) is 1. The number of halogens is 1. The molecule has 0 spiro atoms. The van der Waals surface area contributed by atoms with Crippen LogP contribution in [0.1, 0.15) is 12.0 Å². The monoisotopic (exact) mass is 285 g/mol. The number of aliphatic hydroxyl groups is 2. The Morgan fingerprint density at radius 1 is 1.47 bits per heavy atom. The Morgan fingerprint density at radius 2 is 2.26 bits per heavy atom. The predicted octanol–water partition coefficient (Wildman–Crippen LogP) is 1.52. The van der Waals surface area contributed by atoms with Gasteiger partial charge < -0.3 is 14.9 Å². The van der Waals surface area contributed by atoms with Crippen LogP contribution in [0.2, 0.25) is 5.02 Å². The molecule has 1 saturated heterocycles. The van der Waals surface area contributed by atoms with Crippen LogP contribution in [0, 0.1) is 5.92 Å². The van der Waals surface area contributed by atoms with Gasteiger partial charge in [-0.25, -0.2) is 0 Å². The molecule has 106 valence electrons. The van der Waals surface area contributed by atoms with Crippen molar-refractivity contribution in [2.45, 2.75) is 19.1 Å². The van der Waals surface area contributed by atoms with E-state index in [0.717, 1.165) is 18.7 Å². The highest BCUT2D eigenvalue weighted by Crippen LogP contribution is 2.26. The van der Waals surface area contributed by atoms with E-state index >= 15 is 0 Å². The molecule has 5 heteroatoms. The van der Waals surface area contributed by atoms with Crippen LogP contribution >= 0.6 is 11.6 Å². The Balaban J connectivity index is 1.99. The van der Waals surface area contributed by atoms with Gasteiger partial charge in [0, 0.05) is 32.2 Å². The SMILES string of the molecule is COc1ccc(CN2CCC(O)C(CO)C2)cc1Cl. The fraction of sp³-hybridized carbons (Fsp3) is 0.571. The van der Waals surface area contributed by atoms with E-state index < -0.39 is 0 Å². The Hall–Kier alpha value is -0.810. The Morgan fingerprint density at radius 3 is 2.89 bits per heavy atom. The number of benzene rings is 1. The van der Waals surface area contributed by atoms with Gasteiger partial charge in [0.15, 0.2) is 0 Å². The summed E-state index contributed by atoms with van der Waals surface area (Å²) in [7, 11) is 1.60. The number of piperidine rings is 1. The van der Waals surface area contributed by atoms with Crippen LogP contribution in [0.15, 0.2) is 18.2 Å². The third-order valence-corrected chi connectivity index (χ3v) is 3.93. The average Bonchev–Trinajstić information content (AvgIpc) is 2.41. The number of methoxy groups -OCH3 is 1. The standard InChI is InChI=1S/C14H20ClNO3/c1-19-14-3-2-10(6-12(14)15)7-16-5-4-13(18)11(8-16)9-17/h2-3,6,11,13,17-18H,4-5,7-9H2,1H3. The third-order valence-electron chi connectivity index (χ3n) is 3.63. The van der Waals surface area contributed by atoms with Gasteiger partial charge in [0.05, 0.1) is 18.2 Å². The van der Waals surface area contributed by atoms with Crippen molar-refractivity contribution in [2.24, 2.45) is 5.92 Å². The van der Waals surface area contributed by atoms with E-state index in [1.807, 2.05) is 18.2 Å². The van der Waals surface area contributed by atoms with Crippen molar-refractivity contribution >= 4 is 11.6 Å². The molecule has 1 aromatic carbocycles. The topological polar surface area (TPSA) is 52.9 Å². The highest BCUT2D eigenvalue weighted by Gasteiger charge is 2.27. The maximum Gasteiger partial charge on any atom is 0.137 e. The van der Waals surface area contributed by atoms with Crippen LogP contribution in [-0.4, -0.2) is 48.0 Å². The van der Waals surface area contributed by atoms with E-state index in [4.69, 9.17) is 16.3 Å². The van der Waals surface area contributed by atoms with Crippen LogP contribution in [0.25, 0.3) is 0 Å². The molecule has 0 aromatic heterocycles. The zero-order chi connectivity index (χ0) is 13.8. The first-order valence-corrected chi connectivity index (χ1v) is 6.85. The van der Waals surface area contributed by atoms with E-state index in [1.54, 1.807) is 7.11 Å². The normalized spacial score (nSPS) is 24.4. The van der Waals surface area contributed by atoms with Crippen LogP contribution in [0.4, 0.5) is 0 Å². The fourth-order valence-electron chi connectivity index (χ4n) is 2.48. The molecular formula is C14H20ClNO3. The molecule has 1 fully saturated rings. The lowest BCUT2D eigenvalue weighted by atomic mass is 9.95. The molecule has 19 heavy (non-hydrogen) atoms. The highest BCUT2D eigenvalue weighted by molar-refractivity contribution is 6.32. The van der Waals surface area contributed by atoms with Crippen molar-refractivity contribution < 1.29 is 14.9 Å². The minimum atomic E-state index is -0.388. The number of hydrogen-bond donors (Lipinski definition) is 2. The van der Waals surface area contributed by atoms with E-state index in [-0.39, 0.29) is 18.6 Å². The summed E-state index contributed by atoms with van der Waals surface area (Å²) in [6.07, 6.45) is 0.315. The van der Waals surface area contributed by atoms with Gasteiger partial charge in [-0.3, -0.25) is 4.90 Å².